The second-order valence-corrected chi connectivity index (χ2v) is 7.87. The molecule has 0 radical (unpaired) electrons. The lowest BCUT2D eigenvalue weighted by molar-refractivity contribution is 0.301. The van der Waals surface area contributed by atoms with Crippen molar-refractivity contribution >= 4 is 11.9 Å². The van der Waals surface area contributed by atoms with Gasteiger partial charge in [-0.1, -0.05) is 86.3 Å². The number of aryl methyl sites for hydroxylation is 1. The number of rotatable bonds is 7. The Balaban J connectivity index is 1.73. The predicted octanol–water partition coefficient (Wildman–Crippen LogP) is 6.81. The summed E-state index contributed by atoms with van der Waals surface area (Å²) in [5.41, 5.74) is 4.74. The van der Waals surface area contributed by atoms with E-state index in [-0.39, 0.29) is 0 Å². The second-order valence-electron chi connectivity index (χ2n) is 7.87. The number of hydrogen-bond donors (Lipinski definition) is 0. The maximum Gasteiger partial charge on any atom is 0.0733 e. The molecule has 1 aliphatic rings. The molecule has 0 spiro atoms. The van der Waals surface area contributed by atoms with Crippen molar-refractivity contribution in [1.29, 1.82) is 0 Å². The molecule has 0 saturated heterocycles. The van der Waals surface area contributed by atoms with Crippen molar-refractivity contribution in [1.82, 2.24) is 0 Å². The van der Waals surface area contributed by atoms with E-state index in [1.807, 2.05) is 6.21 Å². The fourth-order valence-corrected chi connectivity index (χ4v) is 4.01. The van der Waals surface area contributed by atoms with E-state index < -0.39 is 0 Å². The molecule has 3 rings (SSSR count). The van der Waals surface area contributed by atoms with Crippen molar-refractivity contribution in [3.8, 4) is 0 Å². The largest absolute Gasteiger partial charge is 0.158 e. The molecule has 0 aliphatic heterocycles. The number of benzene rings is 2. The van der Waals surface area contributed by atoms with Gasteiger partial charge in [0.15, 0.2) is 0 Å². The molecule has 2 heteroatoms. The lowest BCUT2D eigenvalue weighted by Crippen LogP contribution is -2.22. The Morgan fingerprint density at radius 2 is 1.67 bits per heavy atom. The summed E-state index contributed by atoms with van der Waals surface area (Å²) in [6.07, 6.45) is 11.1. The molecule has 0 N–H and O–H groups in total. The Kier molecular flexibility index (Phi) is 7.38. The first-order valence-corrected chi connectivity index (χ1v) is 10.5. The Morgan fingerprint density at radius 1 is 0.963 bits per heavy atom. The van der Waals surface area contributed by atoms with Crippen molar-refractivity contribution in [2.75, 3.05) is 0 Å². The quantitative estimate of drug-likeness (QED) is 0.382. The topological polar surface area (TPSA) is 24.7 Å². The van der Waals surface area contributed by atoms with E-state index in [1.165, 1.54) is 56.1 Å². The zero-order valence-electron chi connectivity index (χ0n) is 16.8. The Morgan fingerprint density at radius 3 is 2.33 bits per heavy atom. The summed E-state index contributed by atoms with van der Waals surface area (Å²) in [5.74, 6) is 1.44. The highest BCUT2D eigenvalue weighted by molar-refractivity contribution is 6.02. The first-order valence-electron chi connectivity index (χ1n) is 10.5. The van der Waals surface area contributed by atoms with Crippen molar-refractivity contribution < 1.29 is 0 Å². The van der Waals surface area contributed by atoms with Gasteiger partial charge < -0.3 is 0 Å². The normalized spacial score (nSPS) is 20.9. The van der Waals surface area contributed by atoms with Crippen LogP contribution in [-0.4, -0.2) is 11.9 Å². The van der Waals surface area contributed by atoms with Gasteiger partial charge in [-0.25, -0.2) is 0 Å². The minimum atomic E-state index is 0.528. The van der Waals surface area contributed by atoms with Gasteiger partial charge in [0.1, 0.15) is 0 Å². The average Bonchev–Trinajstić information content (AvgIpc) is 2.72. The van der Waals surface area contributed by atoms with Crippen LogP contribution in [0.4, 0.5) is 0 Å². The van der Waals surface area contributed by atoms with Gasteiger partial charge in [-0.15, -0.1) is 0 Å². The van der Waals surface area contributed by atoms with Crippen molar-refractivity contribution in [3.05, 3.63) is 71.3 Å². The van der Waals surface area contributed by atoms with Crippen LogP contribution in [0.15, 0.2) is 64.8 Å². The van der Waals surface area contributed by atoms with E-state index in [4.69, 9.17) is 5.10 Å². The van der Waals surface area contributed by atoms with E-state index in [0.717, 1.165) is 17.2 Å². The standard InChI is InChI=1S/C25H32N2/c1-3-4-8-21-15-17-24(18-16-21)25(23-9-6-5-7-10-23)27-26-19-22-13-11-20(2)12-14-22/h5-7,9-14,19,21,24H,3-4,8,15-18H2,1-2H3/t21-,24-. The third-order valence-electron chi connectivity index (χ3n) is 5.72. The summed E-state index contributed by atoms with van der Waals surface area (Å²) in [6.45, 7) is 4.39. The van der Waals surface area contributed by atoms with E-state index in [2.05, 4.69) is 73.5 Å². The predicted molar refractivity (Wildman–Crippen MR) is 117 cm³/mol. The highest BCUT2D eigenvalue weighted by Crippen LogP contribution is 2.34. The highest BCUT2D eigenvalue weighted by atomic mass is 15.2. The summed E-state index contributed by atoms with van der Waals surface area (Å²) < 4.78 is 0. The number of hydrogen-bond acceptors (Lipinski definition) is 2. The van der Waals surface area contributed by atoms with E-state index >= 15 is 0 Å². The zero-order valence-corrected chi connectivity index (χ0v) is 16.8. The third-order valence-corrected chi connectivity index (χ3v) is 5.72. The molecule has 1 saturated carbocycles. The van der Waals surface area contributed by atoms with Crippen LogP contribution >= 0.6 is 0 Å². The van der Waals surface area contributed by atoms with Crippen molar-refractivity contribution in [2.24, 2.45) is 22.0 Å². The lowest BCUT2D eigenvalue weighted by Gasteiger charge is -2.29. The van der Waals surface area contributed by atoms with Crippen LogP contribution in [0.2, 0.25) is 0 Å². The molecular weight excluding hydrogens is 328 g/mol. The molecule has 1 aliphatic carbocycles. The van der Waals surface area contributed by atoms with Gasteiger partial charge in [0.25, 0.3) is 0 Å². The minimum Gasteiger partial charge on any atom is -0.158 e. The van der Waals surface area contributed by atoms with E-state index in [9.17, 15) is 0 Å². The lowest BCUT2D eigenvalue weighted by atomic mass is 9.76. The monoisotopic (exact) mass is 360 g/mol. The van der Waals surface area contributed by atoms with Crippen LogP contribution in [0.5, 0.6) is 0 Å². The van der Waals surface area contributed by atoms with Gasteiger partial charge in [0, 0.05) is 5.92 Å². The van der Waals surface area contributed by atoms with Crippen LogP contribution in [0.3, 0.4) is 0 Å². The fourth-order valence-electron chi connectivity index (χ4n) is 4.01. The Labute approximate surface area is 164 Å². The molecular formula is C25H32N2. The smallest absolute Gasteiger partial charge is 0.0733 e. The van der Waals surface area contributed by atoms with Gasteiger partial charge in [-0.3, -0.25) is 0 Å². The van der Waals surface area contributed by atoms with E-state index in [1.54, 1.807) is 0 Å². The molecule has 2 nitrogen and oxygen atoms in total. The Hall–Kier alpha value is -2.22. The van der Waals surface area contributed by atoms with Gasteiger partial charge in [0.2, 0.25) is 0 Å². The van der Waals surface area contributed by atoms with Crippen molar-refractivity contribution in [2.45, 2.75) is 58.8 Å². The second kappa shape index (κ2) is 10.2. The Bertz CT molecular complexity index is 736. The summed E-state index contributed by atoms with van der Waals surface area (Å²) >= 11 is 0. The third kappa shape index (κ3) is 5.89. The average molecular weight is 361 g/mol. The zero-order chi connectivity index (χ0) is 18.9. The molecule has 142 valence electrons. The molecule has 2 aromatic carbocycles. The minimum absolute atomic E-state index is 0.528. The molecule has 27 heavy (non-hydrogen) atoms. The van der Waals surface area contributed by atoms with Gasteiger partial charge in [-0.2, -0.15) is 10.2 Å². The van der Waals surface area contributed by atoms with Crippen LogP contribution in [0.1, 0.15) is 68.6 Å². The first kappa shape index (κ1) is 19.5. The summed E-state index contributed by atoms with van der Waals surface area (Å²) in [7, 11) is 0. The highest BCUT2D eigenvalue weighted by Gasteiger charge is 2.25. The van der Waals surface area contributed by atoms with Crippen LogP contribution in [-0.2, 0) is 0 Å². The number of nitrogens with zero attached hydrogens (tertiary/aromatic N) is 2. The summed E-state index contributed by atoms with van der Waals surface area (Å²) in [4.78, 5) is 0. The number of unbranched alkanes of at least 4 members (excludes halogenated alkanes) is 1. The van der Waals surface area contributed by atoms with Crippen molar-refractivity contribution in [3.63, 3.8) is 0 Å². The summed E-state index contributed by atoms with van der Waals surface area (Å²) in [6, 6.07) is 19.0. The van der Waals surface area contributed by atoms with E-state index in [0.29, 0.717) is 5.92 Å². The van der Waals surface area contributed by atoms with Gasteiger partial charge in [-0.05, 0) is 49.7 Å². The molecule has 0 amide bonds. The SMILES string of the molecule is CCCC[C@H]1CC[C@H](C(=NN=Cc2ccc(C)cc2)c2ccccc2)CC1. The van der Waals surface area contributed by atoms with Crippen LogP contribution in [0.25, 0.3) is 0 Å². The maximum atomic E-state index is 4.71. The van der Waals surface area contributed by atoms with Crippen LogP contribution in [0, 0.1) is 18.8 Å². The summed E-state index contributed by atoms with van der Waals surface area (Å²) in [5, 5.41) is 9.16. The fraction of sp³-hybridized carbons (Fsp3) is 0.440. The molecule has 2 aromatic rings. The molecule has 0 atom stereocenters. The maximum absolute atomic E-state index is 4.71. The first-order chi connectivity index (χ1) is 13.3. The van der Waals surface area contributed by atoms with Gasteiger partial charge in [0.05, 0.1) is 11.9 Å². The van der Waals surface area contributed by atoms with Gasteiger partial charge >= 0.3 is 0 Å². The molecule has 0 bridgehead atoms. The molecule has 1 fully saturated rings. The molecule has 0 heterocycles. The molecule has 0 unspecified atom stereocenters. The molecule has 0 aromatic heterocycles. The van der Waals surface area contributed by atoms with Crippen LogP contribution < -0.4 is 0 Å².